The molecule has 2 aromatic carbocycles. The Balaban J connectivity index is 1.59. The number of ether oxygens (including phenoxy) is 1. The van der Waals surface area contributed by atoms with Crippen LogP contribution in [0.4, 0.5) is 14.9 Å². The maximum absolute atomic E-state index is 13.7. The molecular weight excluding hydrogens is 323 g/mol. The van der Waals surface area contributed by atoms with Gasteiger partial charge in [-0.3, -0.25) is 0 Å². The molecule has 0 aliphatic rings. The van der Waals surface area contributed by atoms with Gasteiger partial charge in [0.2, 0.25) is 0 Å². The van der Waals surface area contributed by atoms with Crippen molar-refractivity contribution in [3.8, 4) is 17.0 Å². The van der Waals surface area contributed by atoms with Crippen LogP contribution in [0, 0.1) is 5.82 Å². The normalized spacial score (nSPS) is 10.3. The van der Waals surface area contributed by atoms with Crippen molar-refractivity contribution in [2.45, 2.75) is 6.54 Å². The molecule has 1 heterocycles. The molecule has 128 valence electrons. The topological polar surface area (TPSA) is 79.0 Å². The number of halogens is 1. The van der Waals surface area contributed by atoms with E-state index < -0.39 is 11.8 Å². The minimum Gasteiger partial charge on any atom is -0.497 e. The van der Waals surface area contributed by atoms with Gasteiger partial charge >= 0.3 is 6.03 Å². The van der Waals surface area contributed by atoms with Crippen molar-refractivity contribution in [3.05, 3.63) is 66.4 Å². The number of carbonyl (C=O) groups is 1. The lowest BCUT2D eigenvalue weighted by Gasteiger charge is -2.09. The van der Waals surface area contributed by atoms with E-state index in [4.69, 9.17) is 4.74 Å². The summed E-state index contributed by atoms with van der Waals surface area (Å²) < 4.78 is 18.7. The molecule has 0 spiro atoms. The largest absolute Gasteiger partial charge is 0.497 e. The summed E-state index contributed by atoms with van der Waals surface area (Å²) in [5, 5.41) is 5.07. The van der Waals surface area contributed by atoms with Crippen LogP contribution < -0.4 is 15.4 Å². The number of hydrogen-bond acceptors (Lipinski definition) is 3. The zero-order chi connectivity index (χ0) is 17.6. The van der Waals surface area contributed by atoms with Crippen molar-refractivity contribution < 1.29 is 13.9 Å². The van der Waals surface area contributed by atoms with Crippen LogP contribution in [0.25, 0.3) is 11.3 Å². The van der Waals surface area contributed by atoms with Gasteiger partial charge in [-0.15, -0.1) is 0 Å². The Morgan fingerprint density at radius 2 is 2.04 bits per heavy atom. The standard InChI is InChI=1S/C18H17FN4O2/c1-25-13-7-8-14(19)15(9-13)23-18(24)21-11-17-20-10-16(22-17)12-5-3-2-4-6-12/h2-10H,11H2,1H3,(H,20,22)(H2,21,23,24). The summed E-state index contributed by atoms with van der Waals surface area (Å²) in [6, 6.07) is 13.3. The van der Waals surface area contributed by atoms with Crippen molar-refractivity contribution in [2.75, 3.05) is 12.4 Å². The van der Waals surface area contributed by atoms with Gasteiger partial charge in [0, 0.05) is 6.07 Å². The quantitative estimate of drug-likeness (QED) is 0.664. The number of aromatic nitrogens is 2. The van der Waals surface area contributed by atoms with Crippen molar-refractivity contribution in [3.63, 3.8) is 0 Å². The summed E-state index contributed by atoms with van der Waals surface area (Å²) in [7, 11) is 1.47. The van der Waals surface area contributed by atoms with E-state index in [1.165, 1.54) is 25.3 Å². The van der Waals surface area contributed by atoms with Crippen molar-refractivity contribution in [1.29, 1.82) is 0 Å². The molecule has 0 bridgehead atoms. The predicted molar refractivity (Wildman–Crippen MR) is 92.8 cm³/mol. The number of urea groups is 1. The number of methoxy groups -OCH3 is 1. The highest BCUT2D eigenvalue weighted by molar-refractivity contribution is 5.89. The predicted octanol–water partition coefficient (Wildman–Crippen LogP) is 3.55. The number of aromatic amines is 1. The third-order valence-electron chi connectivity index (χ3n) is 3.55. The maximum Gasteiger partial charge on any atom is 0.319 e. The van der Waals surface area contributed by atoms with Gasteiger partial charge < -0.3 is 20.4 Å². The Labute approximate surface area is 144 Å². The molecule has 0 fully saturated rings. The van der Waals surface area contributed by atoms with Gasteiger partial charge in [0.15, 0.2) is 0 Å². The third-order valence-corrected chi connectivity index (χ3v) is 3.55. The molecule has 0 unspecified atom stereocenters. The van der Waals surface area contributed by atoms with E-state index in [1.54, 1.807) is 6.20 Å². The second-order valence-corrected chi connectivity index (χ2v) is 5.26. The second-order valence-electron chi connectivity index (χ2n) is 5.26. The minimum atomic E-state index is -0.541. The first-order valence-corrected chi connectivity index (χ1v) is 7.63. The van der Waals surface area contributed by atoms with Crippen LogP contribution in [-0.2, 0) is 6.54 Å². The van der Waals surface area contributed by atoms with Crippen LogP contribution in [0.3, 0.4) is 0 Å². The molecular formula is C18H17FN4O2. The Bertz CT molecular complexity index is 865. The molecule has 0 radical (unpaired) electrons. The van der Waals surface area contributed by atoms with Gasteiger partial charge in [0.1, 0.15) is 17.4 Å². The Morgan fingerprint density at radius 1 is 1.24 bits per heavy atom. The number of nitrogens with one attached hydrogen (secondary N) is 3. The number of nitrogens with zero attached hydrogens (tertiary/aromatic N) is 1. The molecule has 25 heavy (non-hydrogen) atoms. The molecule has 0 aliphatic heterocycles. The van der Waals surface area contributed by atoms with Crippen LogP contribution in [0.5, 0.6) is 5.75 Å². The highest BCUT2D eigenvalue weighted by atomic mass is 19.1. The summed E-state index contributed by atoms with van der Waals surface area (Å²) in [4.78, 5) is 19.3. The fourth-order valence-electron chi connectivity index (χ4n) is 2.27. The van der Waals surface area contributed by atoms with E-state index in [-0.39, 0.29) is 12.2 Å². The van der Waals surface area contributed by atoms with Crippen molar-refractivity contribution in [1.82, 2.24) is 15.3 Å². The summed E-state index contributed by atoms with van der Waals surface area (Å²) in [6.07, 6.45) is 1.70. The summed E-state index contributed by atoms with van der Waals surface area (Å²) in [5.41, 5.74) is 1.90. The van der Waals surface area contributed by atoms with Crippen molar-refractivity contribution >= 4 is 11.7 Å². The molecule has 0 saturated carbocycles. The summed E-state index contributed by atoms with van der Waals surface area (Å²) in [5.74, 6) is 0.510. The minimum absolute atomic E-state index is 0.0428. The number of hydrogen-bond donors (Lipinski definition) is 3. The number of benzene rings is 2. The van der Waals surface area contributed by atoms with Gasteiger partial charge in [-0.25, -0.2) is 14.2 Å². The summed E-state index contributed by atoms with van der Waals surface area (Å²) in [6.45, 7) is 0.185. The number of anilines is 1. The van der Waals surface area contributed by atoms with Gasteiger partial charge in [0.25, 0.3) is 0 Å². The lowest BCUT2D eigenvalue weighted by Crippen LogP contribution is -2.29. The van der Waals surface area contributed by atoms with Crippen LogP contribution in [0.2, 0.25) is 0 Å². The molecule has 1 aromatic heterocycles. The van der Waals surface area contributed by atoms with Gasteiger partial charge in [-0.1, -0.05) is 30.3 Å². The second kappa shape index (κ2) is 7.48. The third kappa shape index (κ3) is 4.14. The molecule has 0 atom stereocenters. The maximum atomic E-state index is 13.7. The number of rotatable bonds is 5. The molecule has 3 rings (SSSR count). The zero-order valence-corrected chi connectivity index (χ0v) is 13.5. The van der Waals surface area contributed by atoms with Gasteiger partial charge in [-0.05, 0) is 17.7 Å². The number of carbonyl (C=O) groups excluding carboxylic acids is 1. The highest BCUT2D eigenvalue weighted by Crippen LogP contribution is 2.21. The fourth-order valence-corrected chi connectivity index (χ4v) is 2.27. The van der Waals surface area contributed by atoms with Crippen LogP contribution in [0.15, 0.2) is 54.7 Å². The van der Waals surface area contributed by atoms with E-state index in [0.717, 1.165) is 11.3 Å². The van der Waals surface area contributed by atoms with Crippen LogP contribution in [0.1, 0.15) is 5.82 Å². The molecule has 7 heteroatoms. The number of H-pyrrole nitrogens is 1. The first-order valence-electron chi connectivity index (χ1n) is 7.63. The van der Waals surface area contributed by atoms with E-state index in [1.807, 2.05) is 30.3 Å². The Kier molecular flexibility index (Phi) is 4.94. The average Bonchev–Trinajstić information content (AvgIpc) is 3.12. The lowest BCUT2D eigenvalue weighted by atomic mass is 10.2. The Hall–Kier alpha value is -3.35. The smallest absolute Gasteiger partial charge is 0.319 e. The Morgan fingerprint density at radius 3 is 2.80 bits per heavy atom. The molecule has 3 aromatic rings. The first-order chi connectivity index (χ1) is 12.2. The van der Waals surface area contributed by atoms with Gasteiger partial charge in [0.05, 0.1) is 31.2 Å². The highest BCUT2D eigenvalue weighted by Gasteiger charge is 2.09. The van der Waals surface area contributed by atoms with Gasteiger partial charge in [-0.2, -0.15) is 0 Å². The zero-order valence-electron chi connectivity index (χ0n) is 13.5. The van der Waals surface area contributed by atoms with Crippen LogP contribution >= 0.6 is 0 Å². The SMILES string of the molecule is COc1ccc(F)c(NC(=O)NCc2ncc(-c3ccccc3)[nH]2)c1. The number of amides is 2. The van der Waals surface area contributed by atoms with E-state index in [0.29, 0.717) is 11.6 Å². The lowest BCUT2D eigenvalue weighted by molar-refractivity contribution is 0.251. The average molecular weight is 340 g/mol. The molecule has 2 amide bonds. The summed E-state index contributed by atoms with van der Waals surface area (Å²) >= 11 is 0. The van der Waals surface area contributed by atoms with E-state index >= 15 is 0 Å². The van der Waals surface area contributed by atoms with E-state index in [9.17, 15) is 9.18 Å². The molecule has 0 aliphatic carbocycles. The molecule has 3 N–H and O–H groups in total. The molecule has 0 saturated heterocycles. The fraction of sp³-hybridized carbons (Fsp3) is 0.111. The number of imidazole rings is 1. The monoisotopic (exact) mass is 340 g/mol. The van der Waals surface area contributed by atoms with E-state index in [2.05, 4.69) is 20.6 Å². The molecule has 6 nitrogen and oxygen atoms in total. The van der Waals surface area contributed by atoms with Crippen molar-refractivity contribution in [2.24, 2.45) is 0 Å². The first kappa shape index (κ1) is 16.5. The van der Waals surface area contributed by atoms with Crippen LogP contribution in [-0.4, -0.2) is 23.1 Å².